The van der Waals surface area contributed by atoms with E-state index in [9.17, 15) is 9.59 Å². The molecule has 0 saturated heterocycles. The fourth-order valence-corrected chi connectivity index (χ4v) is 2.79. The molecule has 0 spiro atoms. The number of hydrogen-bond acceptors (Lipinski definition) is 5. The van der Waals surface area contributed by atoms with Gasteiger partial charge in [-0.1, -0.05) is 6.07 Å². The molecule has 1 aromatic carbocycles. The second-order valence-electron chi connectivity index (χ2n) is 6.08. The average Bonchev–Trinajstić information content (AvgIpc) is 3.28. The summed E-state index contributed by atoms with van der Waals surface area (Å²) in [5.74, 6) is 0.347. The summed E-state index contributed by atoms with van der Waals surface area (Å²) in [5, 5.41) is 12.3. The number of amides is 2. The highest BCUT2D eigenvalue weighted by Gasteiger charge is 2.46. The third-order valence-electron chi connectivity index (χ3n) is 4.24. The van der Waals surface area contributed by atoms with Crippen molar-refractivity contribution in [3.05, 3.63) is 66.5 Å². The van der Waals surface area contributed by atoms with Crippen LogP contribution in [0.2, 0.25) is 0 Å². The van der Waals surface area contributed by atoms with Crippen LogP contribution in [0.1, 0.15) is 28.5 Å². The molecule has 8 nitrogen and oxygen atoms in total. The molecule has 130 valence electrons. The molecule has 1 saturated carbocycles. The Morgan fingerprint density at radius 3 is 2.69 bits per heavy atom. The first-order chi connectivity index (χ1) is 12.7. The lowest BCUT2D eigenvalue weighted by Crippen LogP contribution is -2.16. The lowest BCUT2D eigenvalue weighted by molar-refractivity contribution is -0.117. The van der Waals surface area contributed by atoms with Crippen molar-refractivity contribution in [2.75, 3.05) is 10.6 Å². The summed E-state index contributed by atoms with van der Waals surface area (Å²) in [6.07, 6.45) is 5.39. The van der Waals surface area contributed by atoms with Crippen LogP contribution in [-0.4, -0.2) is 32.0 Å². The van der Waals surface area contributed by atoms with E-state index in [1.165, 1.54) is 6.33 Å². The zero-order chi connectivity index (χ0) is 17.9. The number of H-pyrrole nitrogens is 1. The number of nitrogens with one attached hydrogen (secondary N) is 3. The number of hydrogen-bond donors (Lipinski definition) is 3. The zero-order valence-electron chi connectivity index (χ0n) is 13.7. The van der Waals surface area contributed by atoms with E-state index in [4.69, 9.17) is 0 Å². The van der Waals surface area contributed by atoms with Crippen LogP contribution in [0.5, 0.6) is 0 Å². The van der Waals surface area contributed by atoms with Crippen LogP contribution < -0.4 is 10.6 Å². The number of carbonyl (C=O) groups excluding carboxylic acids is 2. The summed E-state index contributed by atoms with van der Waals surface area (Å²) in [6, 6.07) is 10.3. The van der Waals surface area contributed by atoms with Crippen molar-refractivity contribution >= 4 is 23.2 Å². The Morgan fingerprint density at radius 1 is 1.08 bits per heavy atom. The molecule has 1 aliphatic rings. The van der Waals surface area contributed by atoms with Gasteiger partial charge in [0.2, 0.25) is 5.91 Å². The largest absolute Gasteiger partial charge is 0.326 e. The maximum absolute atomic E-state index is 12.4. The van der Waals surface area contributed by atoms with Crippen LogP contribution in [0.3, 0.4) is 0 Å². The number of benzene rings is 1. The van der Waals surface area contributed by atoms with Crippen molar-refractivity contribution in [3.63, 3.8) is 0 Å². The van der Waals surface area contributed by atoms with Gasteiger partial charge in [0, 0.05) is 41.2 Å². The molecule has 26 heavy (non-hydrogen) atoms. The van der Waals surface area contributed by atoms with Gasteiger partial charge in [-0.05, 0) is 36.8 Å². The van der Waals surface area contributed by atoms with Crippen LogP contribution in [0.15, 0.2) is 55.1 Å². The van der Waals surface area contributed by atoms with E-state index >= 15 is 0 Å². The van der Waals surface area contributed by atoms with Gasteiger partial charge in [0.05, 0.1) is 0 Å². The number of rotatable bonds is 5. The van der Waals surface area contributed by atoms with Crippen molar-refractivity contribution in [1.82, 2.24) is 20.2 Å². The number of aromatic amines is 1. The molecule has 0 radical (unpaired) electrons. The fourth-order valence-electron chi connectivity index (χ4n) is 2.79. The standard InChI is InChI=1S/C18H16N6O2/c25-17(22-12-4-6-19-7-5-12)11-2-1-3-13(8-11)23-18(26)15-9-14(15)16-20-10-21-24-16/h1-8,10,14-15H,9H2,(H,23,26)(H,19,22,25)(H,20,21,24)/t14-,15+/m1/s1. The minimum absolute atomic E-state index is 0.0793. The molecule has 2 atom stereocenters. The Labute approximate surface area is 149 Å². The molecule has 8 heteroatoms. The van der Waals surface area contributed by atoms with E-state index in [0.717, 1.165) is 12.2 Å². The van der Waals surface area contributed by atoms with Crippen LogP contribution >= 0.6 is 0 Å². The van der Waals surface area contributed by atoms with Gasteiger partial charge in [0.15, 0.2) is 0 Å². The molecule has 1 fully saturated rings. The molecule has 0 bridgehead atoms. The Hall–Kier alpha value is -3.55. The van der Waals surface area contributed by atoms with Crippen LogP contribution in [0, 0.1) is 5.92 Å². The highest BCUT2D eigenvalue weighted by atomic mass is 16.2. The Balaban J connectivity index is 1.40. The van der Waals surface area contributed by atoms with Crippen molar-refractivity contribution in [2.45, 2.75) is 12.3 Å². The van der Waals surface area contributed by atoms with Gasteiger partial charge in [-0.2, -0.15) is 5.10 Å². The number of pyridine rings is 1. The van der Waals surface area contributed by atoms with E-state index in [2.05, 4.69) is 30.8 Å². The van der Waals surface area contributed by atoms with Gasteiger partial charge in [0.1, 0.15) is 12.2 Å². The summed E-state index contributed by atoms with van der Waals surface area (Å²) >= 11 is 0. The smallest absolute Gasteiger partial charge is 0.255 e. The molecule has 3 aromatic rings. The minimum Gasteiger partial charge on any atom is -0.326 e. The second-order valence-corrected chi connectivity index (χ2v) is 6.08. The maximum atomic E-state index is 12.4. The van der Waals surface area contributed by atoms with E-state index in [1.807, 2.05) is 0 Å². The van der Waals surface area contributed by atoms with Crippen LogP contribution in [-0.2, 0) is 4.79 Å². The van der Waals surface area contributed by atoms with Crippen molar-refractivity contribution in [1.29, 1.82) is 0 Å². The summed E-state index contributed by atoms with van der Waals surface area (Å²) in [4.78, 5) is 32.7. The second kappa shape index (κ2) is 6.75. The molecular weight excluding hydrogens is 332 g/mol. The predicted octanol–water partition coefficient (Wildman–Crippen LogP) is 2.19. The molecule has 1 aliphatic carbocycles. The van der Waals surface area contributed by atoms with Gasteiger partial charge in [-0.25, -0.2) is 4.98 Å². The lowest BCUT2D eigenvalue weighted by Gasteiger charge is -2.08. The van der Waals surface area contributed by atoms with E-state index in [-0.39, 0.29) is 23.7 Å². The third kappa shape index (κ3) is 3.44. The Morgan fingerprint density at radius 2 is 1.92 bits per heavy atom. The first-order valence-corrected chi connectivity index (χ1v) is 8.18. The summed E-state index contributed by atoms with van der Waals surface area (Å²) in [7, 11) is 0. The highest BCUT2D eigenvalue weighted by Crippen LogP contribution is 2.46. The number of aromatic nitrogens is 4. The van der Waals surface area contributed by atoms with E-state index in [1.54, 1.807) is 48.8 Å². The van der Waals surface area contributed by atoms with Gasteiger partial charge < -0.3 is 10.6 Å². The third-order valence-corrected chi connectivity index (χ3v) is 4.24. The molecule has 2 amide bonds. The first-order valence-electron chi connectivity index (χ1n) is 8.18. The minimum atomic E-state index is -0.252. The average molecular weight is 348 g/mol. The topological polar surface area (TPSA) is 113 Å². The molecule has 0 unspecified atom stereocenters. The molecule has 0 aliphatic heterocycles. The Bertz CT molecular complexity index is 926. The summed E-state index contributed by atoms with van der Waals surface area (Å²) in [6.45, 7) is 0. The van der Waals surface area contributed by atoms with Gasteiger partial charge in [0.25, 0.3) is 5.91 Å². The summed E-state index contributed by atoms with van der Waals surface area (Å²) in [5.41, 5.74) is 1.70. The zero-order valence-corrected chi connectivity index (χ0v) is 13.7. The molecule has 2 heterocycles. The van der Waals surface area contributed by atoms with Crippen molar-refractivity contribution < 1.29 is 9.59 Å². The SMILES string of the molecule is O=C(Nc1ccncc1)c1cccc(NC(=O)[C@H]2C[C@H]2c2ncn[nH]2)c1. The molecule has 4 rings (SSSR count). The number of anilines is 2. The quantitative estimate of drug-likeness (QED) is 0.654. The Kier molecular flexibility index (Phi) is 4.14. The molecular formula is C18H16N6O2. The van der Waals surface area contributed by atoms with Crippen molar-refractivity contribution in [3.8, 4) is 0 Å². The van der Waals surface area contributed by atoms with Crippen molar-refractivity contribution in [2.24, 2.45) is 5.92 Å². The van der Waals surface area contributed by atoms with Crippen LogP contribution in [0.4, 0.5) is 11.4 Å². The predicted molar refractivity (Wildman–Crippen MR) is 94.5 cm³/mol. The monoisotopic (exact) mass is 348 g/mol. The normalized spacial score (nSPS) is 18.2. The first kappa shape index (κ1) is 15.9. The lowest BCUT2D eigenvalue weighted by atomic mass is 10.1. The van der Waals surface area contributed by atoms with E-state index < -0.39 is 0 Å². The molecule has 3 N–H and O–H groups in total. The highest BCUT2D eigenvalue weighted by molar-refractivity contribution is 6.05. The number of nitrogens with zero attached hydrogens (tertiary/aromatic N) is 3. The van der Waals surface area contributed by atoms with Crippen LogP contribution in [0.25, 0.3) is 0 Å². The maximum Gasteiger partial charge on any atom is 0.255 e. The fraction of sp³-hybridized carbons (Fsp3) is 0.167. The molecule has 2 aromatic heterocycles. The van der Waals surface area contributed by atoms with Gasteiger partial charge in [-0.3, -0.25) is 19.7 Å². The number of carbonyl (C=O) groups is 2. The van der Waals surface area contributed by atoms with E-state index in [0.29, 0.717) is 16.9 Å². The van der Waals surface area contributed by atoms with Gasteiger partial charge in [-0.15, -0.1) is 0 Å². The summed E-state index contributed by atoms with van der Waals surface area (Å²) < 4.78 is 0. The van der Waals surface area contributed by atoms with Gasteiger partial charge >= 0.3 is 0 Å².